The standard InChI is InChI=1S/C12H12BrFN2O3/c13-8-3-2-7(14)6-9(8)15-11(19)16-12(10(17)18)4-1-5-12/h2-3,6H,1,4-5H2,(H,17,18)(H2,15,16,19). The third-order valence-electron chi connectivity index (χ3n) is 3.15. The van der Waals surface area contributed by atoms with Crippen molar-refractivity contribution in [2.75, 3.05) is 5.32 Å². The number of carboxylic acids is 1. The number of aliphatic carboxylic acids is 1. The summed E-state index contributed by atoms with van der Waals surface area (Å²) in [5, 5.41) is 13.9. The Balaban J connectivity index is 2.05. The minimum atomic E-state index is -1.19. The smallest absolute Gasteiger partial charge is 0.329 e. The Hall–Kier alpha value is -1.63. The lowest BCUT2D eigenvalue weighted by molar-refractivity contribution is -0.148. The van der Waals surface area contributed by atoms with Gasteiger partial charge in [0, 0.05) is 4.47 Å². The maximum atomic E-state index is 13.1. The van der Waals surface area contributed by atoms with Gasteiger partial charge in [-0.05, 0) is 53.4 Å². The van der Waals surface area contributed by atoms with Crippen LogP contribution in [0.1, 0.15) is 19.3 Å². The van der Waals surface area contributed by atoms with Crippen molar-refractivity contribution < 1.29 is 19.1 Å². The normalized spacial score (nSPS) is 16.3. The maximum Gasteiger partial charge on any atom is 0.329 e. The second kappa shape index (κ2) is 5.16. The number of benzene rings is 1. The Morgan fingerprint density at radius 2 is 2.05 bits per heavy atom. The van der Waals surface area contributed by atoms with E-state index in [1.54, 1.807) is 0 Å². The van der Waals surface area contributed by atoms with Crippen LogP contribution in [0.3, 0.4) is 0 Å². The van der Waals surface area contributed by atoms with E-state index in [0.717, 1.165) is 12.5 Å². The van der Waals surface area contributed by atoms with Gasteiger partial charge in [0.05, 0.1) is 5.69 Å². The van der Waals surface area contributed by atoms with Crippen molar-refractivity contribution in [2.24, 2.45) is 0 Å². The molecule has 0 unspecified atom stereocenters. The fourth-order valence-corrected chi connectivity index (χ4v) is 2.23. The van der Waals surface area contributed by atoms with Crippen molar-refractivity contribution in [3.63, 3.8) is 0 Å². The Kier molecular flexibility index (Phi) is 3.75. The predicted octanol–water partition coefficient (Wildman–Crippen LogP) is 2.72. The monoisotopic (exact) mass is 330 g/mol. The average molecular weight is 331 g/mol. The lowest BCUT2D eigenvalue weighted by Crippen LogP contribution is -2.60. The van der Waals surface area contributed by atoms with Crippen LogP contribution in [0, 0.1) is 5.82 Å². The van der Waals surface area contributed by atoms with E-state index in [1.807, 2.05) is 0 Å². The Bertz CT molecular complexity index is 532. The Labute approximate surface area is 117 Å². The SMILES string of the molecule is O=C(Nc1cc(F)ccc1Br)NC1(C(=O)O)CCC1. The number of hydrogen-bond acceptors (Lipinski definition) is 2. The van der Waals surface area contributed by atoms with Crippen LogP contribution in [0.25, 0.3) is 0 Å². The van der Waals surface area contributed by atoms with Crippen molar-refractivity contribution in [3.05, 3.63) is 28.5 Å². The molecule has 0 heterocycles. The third-order valence-corrected chi connectivity index (χ3v) is 3.84. The van der Waals surface area contributed by atoms with E-state index >= 15 is 0 Å². The molecular formula is C12H12BrFN2O3. The zero-order chi connectivity index (χ0) is 14.0. The molecule has 0 atom stereocenters. The number of anilines is 1. The van der Waals surface area contributed by atoms with Crippen LogP contribution < -0.4 is 10.6 Å². The van der Waals surface area contributed by atoms with Crippen LogP contribution in [0.15, 0.2) is 22.7 Å². The summed E-state index contributed by atoms with van der Waals surface area (Å²) >= 11 is 3.17. The summed E-state index contributed by atoms with van der Waals surface area (Å²) in [7, 11) is 0. The molecule has 1 aromatic rings. The lowest BCUT2D eigenvalue weighted by Gasteiger charge is -2.38. The molecule has 102 valence electrons. The van der Waals surface area contributed by atoms with Gasteiger partial charge in [0.1, 0.15) is 11.4 Å². The first-order valence-electron chi connectivity index (χ1n) is 5.70. The van der Waals surface area contributed by atoms with E-state index in [1.165, 1.54) is 12.1 Å². The second-order valence-corrected chi connectivity index (χ2v) is 5.30. The second-order valence-electron chi connectivity index (χ2n) is 4.44. The van der Waals surface area contributed by atoms with Gasteiger partial charge in [0.25, 0.3) is 0 Å². The highest BCUT2D eigenvalue weighted by molar-refractivity contribution is 9.10. The van der Waals surface area contributed by atoms with Gasteiger partial charge in [-0.25, -0.2) is 14.0 Å². The van der Waals surface area contributed by atoms with Crippen LogP contribution in [0.4, 0.5) is 14.9 Å². The van der Waals surface area contributed by atoms with Gasteiger partial charge in [0.15, 0.2) is 0 Å². The summed E-state index contributed by atoms with van der Waals surface area (Å²) < 4.78 is 13.6. The van der Waals surface area contributed by atoms with E-state index in [-0.39, 0.29) is 5.69 Å². The Morgan fingerprint density at radius 3 is 2.58 bits per heavy atom. The molecule has 3 N–H and O–H groups in total. The minimum Gasteiger partial charge on any atom is -0.480 e. The third kappa shape index (κ3) is 2.86. The van der Waals surface area contributed by atoms with Crippen LogP contribution in [0.2, 0.25) is 0 Å². The highest BCUT2D eigenvalue weighted by Crippen LogP contribution is 2.32. The quantitative estimate of drug-likeness (QED) is 0.797. The maximum absolute atomic E-state index is 13.1. The predicted molar refractivity (Wildman–Crippen MR) is 70.5 cm³/mol. The fraction of sp³-hybridized carbons (Fsp3) is 0.333. The first-order valence-corrected chi connectivity index (χ1v) is 6.50. The molecule has 0 bridgehead atoms. The number of nitrogens with one attached hydrogen (secondary N) is 2. The molecule has 5 nitrogen and oxygen atoms in total. The van der Waals surface area contributed by atoms with Crippen molar-refractivity contribution in [2.45, 2.75) is 24.8 Å². The number of carboxylic acid groups (broad SMARTS) is 1. The summed E-state index contributed by atoms with van der Waals surface area (Å²) in [5.41, 5.74) is -0.943. The number of carbonyl (C=O) groups is 2. The van der Waals surface area contributed by atoms with Gasteiger partial charge in [-0.1, -0.05) is 0 Å². The molecule has 7 heteroatoms. The molecule has 0 aromatic heterocycles. The average Bonchev–Trinajstić information content (AvgIpc) is 2.28. The van der Waals surface area contributed by atoms with Crippen LogP contribution in [0.5, 0.6) is 0 Å². The van der Waals surface area contributed by atoms with Gasteiger partial charge in [-0.2, -0.15) is 0 Å². The van der Waals surface area contributed by atoms with E-state index in [2.05, 4.69) is 26.6 Å². The van der Waals surface area contributed by atoms with Crippen molar-refractivity contribution >= 4 is 33.6 Å². The van der Waals surface area contributed by atoms with E-state index < -0.39 is 23.4 Å². The van der Waals surface area contributed by atoms with E-state index in [0.29, 0.717) is 17.3 Å². The highest BCUT2D eigenvalue weighted by atomic mass is 79.9. The largest absolute Gasteiger partial charge is 0.480 e. The summed E-state index contributed by atoms with van der Waals surface area (Å²) in [5.74, 6) is -1.54. The number of hydrogen-bond donors (Lipinski definition) is 3. The van der Waals surface area contributed by atoms with Crippen molar-refractivity contribution in [1.82, 2.24) is 5.32 Å². The van der Waals surface area contributed by atoms with Gasteiger partial charge in [-0.3, -0.25) is 0 Å². The molecule has 0 aliphatic heterocycles. The van der Waals surface area contributed by atoms with Gasteiger partial charge >= 0.3 is 12.0 Å². The molecule has 1 aliphatic carbocycles. The zero-order valence-electron chi connectivity index (χ0n) is 9.87. The molecule has 1 fully saturated rings. The molecule has 0 saturated heterocycles. The molecular weight excluding hydrogens is 319 g/mol. The van der Waals surface area contributed by atoms with Crippen LogP contribution in [-0.4, -0.2) is 22.6 Å². The lowest BCUT2D eigenvalue weighted by atomic mass is 9.77. The number of urea groups is 1. The summed E-state index contributed by atoms with van der Waals surface area (Å²) in [6.45, 7) is 0. The van der Waals surface area contributed by atoms with Crippen molar-refractivity contribution in [1.29, 1.82) is 0 Å². The van der Waals surface area contributed by atoms with Gasteiger partial charge in [0.2, 0.25) is 0 Å². The number of carbonyl (C=O) groups excluding carboxylic acids is 1. The minimum absolute atomic E-state index is 0.248. The topological polar surface area (TPSA) is 78.4 Å². The van der Waals surface area contributed by atoms with Crippen LogP contribution in [-0.2, 0) is 4.79 Å². The van der Waals surface area contributed by atoms with Crippen LogP contribution >= 0.6 is 15.9 Å². The summed E-state index contributed by atoms with van der Waals surface area (Å²) in [6.07, 6.45) is 1.57. The molecule has 19 heavy (non-hydrogen) atoms. The van der Waals surface area contributed by atoms with Crippen molar-refractivity contribution in [3.8, 4) is 0 Å². The fourth-order valence-electron chi connectivity index (χ4n) is 1.89. The molecule has 1 aromatic carbocycles. The molecule has 0 spiro atoms. The number of amides is 2. The summed E-state index contributed by atoms with van der Waals surface area (Å²) in [6, 6.07) is 3.20. The molecule has 2 rings (SSSR count). The Morgan fingerprint density at radius 1 is 1.37 bits per heavy atom. The number of rotatable bonds is 3. The summed E-state index contributed by atoms with van der Waals surface area (Å²) in [4.78, 5) is 22.9. The number of halogens is 2. The molecule has 0 radical (unpaired) electrons. The van der Waals surface area contributed by atoms with E-state index in [9.17, 15) is 14.0 Å². The molecule has 2 amide bonds. The zero-order valence-corrected chi connectivity index (χ0v) is 11.5. The molecule has 1 saturated carbocycles. The van der Waals surface area contributed by atoms with E-state index in [4.69, 9.17) is 5.11 Å². The first kappa shape index (κ1) is 13.8. The highest BCUT2D eigenvalue weighted by Gasteiger charge is 2.45. The van der Waals surface area contributed by atoms with Gasteiger partial charge in [-0.15, -0.1) is 0 Å². The van der Waals surface area contributed by atoms with Gasteiger partial charge < -0.3 is 15.7 Å². The first-order chi connectivity index (χ1) is 8.93. The molecule has 1 aliphatic rings.